The zero-order valence-electron chi connectivity index (χ0n) is 12.5. The molecule has 1 fully saturated rings. The summed E-state index contributed by atoms with van der Waals surface area (Å²) in [5.74, 6) is -0.279. The largest absolute Gasteiger partial charge is 0.325 e. The molecule has 1 saturated heterocycles. The van der Waals surface area contributed by atoms with Crippen molar-refractivity contribution in [3.05, 3.63) is 29.3 Å². The molecule has 1 heterocycles. The Morgan fingerprint density at radius 3 is 2.62 bits per heavy atom. The van der Waals surface area contributed by atoms with Crippen LogP contribution in [0.15, 0.2) is 18.2 Å². The Balaban J connectivity index is 1.81. The molecule has 2 rings (SSSR count). The van der Waals surface area contributed by atoms with Crippen molar-refractivity contribution < 1.29 is 9.59 Å². The van der Waals surface area contributed by atoms with Crippen molar-refractivity contribution in [2.45, 2.75) is 13.8 Å². The Morgan fingerprint density at radius 1 is 1.24 bits per heavy atom. The van der Waals surface area contributed by atoms with Gasteiger partial charge in [-0.05, 0) is 25.5 Å². The zero-order valence-corrected chi connectivity index (χ0v) is 12.5. The van der Waals surface area contributed by atoms with Crippen LogP contribution >= 0.6 is 0 Å². The summed E-state index contributed by atoms with van der Waals surface area (Å²) < 4.78 is 0. The fourth-order valence-electron chi connectivity index (χ4n) is 2.35. The first-order valence-electron chi connectivity index (χ1n) is 7.16. The van der Waals surface area contributed by atoms with Crippen LogP contribution in [-0.2, 0) is 4.79 Å². The number of benzene rings is 1. The van der Waals surface area contributed by atoms with Gasteiger partial charge in [0.2, 0.25) is 5.91 Å². The van der Waals surface area contributed by atoms with Gasteiger partial charge in [-0.25, -0.2) is 4.79 Å². The molecule has 1 aromatic carbocycles. The second-order valence-corrected chi connectivity index (χ2v) is 5.35. The highest BCUT2D eigenvalue weighted by Gasteiger charge is 2.15. The molecule has 3 N–H and O–H groups in total. The van der Waals surface area contributed by atoms with E-state index in [2.05, 4.69) is 16.0 Å². The van der Waals surface area contributed by atoms with E-state index in [-0.39, 0.29) is 12.5 Å². The highest BCUT2D eigenvalue weighted by molar-refractivity contribution is 6.02. The summed E-state index contributed by atoms with van der Waals surface area (Å²) in [5.41, 5.74) is 2.82. The topological polar surface area (TPSA) is 73.5 Å². The van der Waals surface area contributed by atoms with Gasteiger partial charge in [0.1, 0.15) is 0 Å². The molecule has 1 aromatic rings. The summed E-state index contributed by atoms with van der Waals surface area (Å²) in [5, 5.41) is 8.29. The molecule has 0 atom stereocenters. The molecule has 3 amide bonds. The van der Waals surface area contributed by atoms with E-state index in [1.165, 1.54) is 0 Å². The standard InChI is InChI=1S/C15H22N4O2/c1-11-3-4-13(12(2)9-11)17-15(21)18-14(20)10-19-7-5-16-6-8-19/h3-4,9,16H,5-8,10H2,1-2H3,(H2,17,18,20,21). The van der Waals surface area contributed by atoms with Gasteiger partial charge in [0.05, 0.1) is 6.54 Å². The van der Waals surface area contributed by atoms with Crippen molar-refractivity contribution in [2.24, 2.45) is 0 Å². The van der Waals surface area contributed by atoms with Crippen molar-refractivity contribution in [1.29, 1.82) is 0 Å². The van der Waals surface area contributed by atoms with Crippen molar-refractivity contribution in [2.75, 3.05) is 38.0 Å². The normalized spacial score (nSPS) is 15.5. The molecule has 21 heavy (non-hydrogen) atoms. The second kappa shape index (κ2) is 7.19. The number of urea groups is 1. The summed E-state index contributed by atoms with van der Waals surface area (Å²) in [6.45, 7) is 7.57. The number of anilines is 1. The first kappa shape index (κ1) is 15.5. The van der Waals surface area contributed by atoms with Crippen LogP contribution in [-0.4, -0.2) is 49.6 Å². The van der Waals surface area contributed by atoms with E-state index in [1.807, 2.05) is 36.9 Å². The molecular formula is C15H22N4O2. The SMILES string of the molecule is Cc1ccc(NC(=O)NC(=O)CN2CCNCC2)c(C)c1. The Kier molecular flexibility index (Phi) is 5.30. The van der Waals surface area contributed by atoms with E-state index >= 15 is 0 Å². The number of nitrogens with zero attached hydrogens (tertiary/aromatic N) is 1. The van der Waals surface area contributed by atoms with Gasteiger partial charge in [-0.3, -0.25) is 15.0 Å². The van der Waals surface area contributed by atoms with Crippen LogP contribution < -0.4 is 16.0 Å². The maximum Gasteiger partial charge on any atom is 0.325 e. The number of rotatable bonds is 3. The molecule has 0 saturated carbocycles. The molecule has 6 heteroatoms. The fraction of sp³-hybridized carbons (Fsp3) is 0.467. The third kappa shape index (κ3) is 4.84. The highest BCUT2D eigenvalue weighted by atomic mass is 16.2. The minimum absolute atomic E-state index is 0.252. The van der Waals surface area contributed by atoms with Gasteiger partial charge in [0.25, 0.3) is 0 Å². The van der Waals surface area contributed by atoms with Crippen LogP contribution in [0.4, 0.5) is 10.5 Å². The maximum absolute atomic E-state index is 11.8. The fourth-order valence-corrected chi connectivity index (χ4v) is 2.35. The third-order valence-corrected chi connectivity index (χ3v) is 3.46. The van der Waals surface area contributed by atoms with Gasteiger partial charge in [-0.2, -0.15) is 0 Å². The highest BCUT2D eigenvalue weighted by Crippen LogP contribution is 2.15. The van der Waals surface area contributed by atoms with Crippen molar-refractivity contribution >= 4 is 17.6 Å². The number of carbonyl (C=O) groups is 2. The number of carbonyl (C=O) groups excluding carboxylic acids is 2. The summed E-state index contributed by atoms with van der Waals surface area (Å²) >= 11 is 0. The monoisotopic (exact) mass is 290 g/mol. The summed E-state index contributed by atoms with van der Waals surface area (Å²) in [6, 6.07) is 5.26. The summed E-state index contributed by atoms with van der Waals surface area (Å²) in [4.78, 5) is 25.7. The Morgan fingerprint density at radius 2 is 1.95 bits per heavy atom. The zero-order chi connectivity index (χ0) is 15.2. The molecule has 6 nitrogen and oxygen atoms in total. The van der Waals surface area contributed by atoms with E-state index in [9.17, 15) is 9.59 Å². The molecule has 0 radical (unpaired) electrons. The van der Waals surface area contributed by atoms with Crippen LogP contribution in [0.1, 0.15) is 11.1 Å². The van der Waals surface area contributed by atoms with E-state index in [1.54, 1.807) is 0 Å². The Bertz CT molecular complexity index is 524. The van der Waals surface area contributed by atoms with Gasteiger partial charge >= 0.3 is 6.03 Å². The molecular weight excluding hydrogens is 268 g/mol. The van der Waals surface area contributed by atoms with Crippen molar-refractivity contribution in [1.82, 2.24) is 15.5 Å². The number of hydrogen-bond donors (Lipinski definition) is 3. The van der Waals surface area contributed by atoms with E-state index in [0.29, 0.717) is 5.69 Å². The van der Waals surface area contributed by atoms with Crippen molar-refractivity contribution in [3.63, 3.8) is 0 Å². The first-order valence-corrected chi connectivity index (χ1v) is 7.16. The van der Waals surface area contributed by atoms with E-state index in [4.69, 9.17) is 0 Å². The number of piperazine rings is 1. The third-order valence-electron chi connectivity index (χ3n) is 3.46. The number of amides is 3. The maximum atomic E-state index is 11.8. The Hall–Kier alpha value is -1.92. The first-order chi connectivity index (χ1) is 10.0. The van der Waals surface area contributed by atoms with Crippen molar-refractivity contribution in [3.8, 4) is 0 Å². The molecule has 1 aliphatic rings. The predicted molar refractivity (Wildman–Crippen MR) is 82.4 cm³/mol. The van der Waals surface area contributed by atoms with Gasteiger partial charge in [-0.15, -0.1) is 0 Å². The number of imide groups is 1. The minimum Gasteiger partial charge on any atom is -0.314 e. The molecule has 0 bridgehead atoms. The van der Waals surface area contributed by atoms with Gasteiger partial charge in [0, 0.05) is 31.9 Å². The lowest BCUT2D eigenvalue weighted by atomic mass is 10.1. The van der Waals surface area contributed by atoms with Crippen LogP contribution in [0.3, 0.4) is 0 Å². The number of nitrogens with one attached hydrogen (secondary N) is 3. The van der Waals surface area contributed by atoms with Gasteiger partial charge in [0.15, 0.2) is 0 Å². The second-order valence-electron chi connectivity index (χ2n) is 5.35. The minimum atomic E-state index is -0.484. The predicted octanol–water partition coefficient (Wildman–Crippen LogP) is 0.857. The van der Waals surface area contributed by atoms with Crippen LogP contribution in [0.5, 0.6) is 0 Å². The lowest BCUT2D eigenvalue weighted by molar-refractivity contribution is -0.121. The molecule has 0 unspecified atom stereocenters. The van der Waals surface area contributed by atoms with Crippen LogP contribution in [0.2, 0.25) is 0 Å². The van der Waals surface area contributed by atoms with Crippen LogP contribution in [0, 0.1) is 13.8 Å². The molecule has 0 spiro atoms. The quantitative estimate of drug-likeness (QED) is 0.772. The summed E-state index contributed by atoms with van der Waals surface area (Å²) in [6.07, 6.45) is 0. The van der Waals surface area contributed by atoms with Gasteiger partial charge < -0.3 is 10.6 Å². The lowest BCUT2D eigenvalue weighted by Gasteiger charge is -2.26. The number of hydrogen-bond acceptors (Lipinski definition) is 4. The number of aryl methyl sites for hydroxylation is 2. The van der Waals surface area contributed by atoms with E-state index < -0.39 is 6.03 Å². The van der Waals surface area contributed by atoms with Crippen LogP contribution in [0.25, 0.3) is 0 Å². The smallest absolute Gasteiger partial charge is 0.314 e. The average Bonchev–Trinajstić information content (AvgIpc) is 2.43. The molecule has 0 aliphatic carbocycles. The molecule has 114 valence electrons. The lowest BCUT2D eigenvalue weighted by Crippen LogP contribution is -2.48. The molecule has 0 aromatic heterocycles. The Labute approximate surface area is 124 Å². The average molecular weight is 290 g/mol. The van der Waals surface area contributed by atoms with Gasteiger partial charge in [-0.1, -0.05) is 17.7 Å². The van der Waals surface area contributed by atoms with E-state index in [0.717, 1.165) is 37.3 Å². The molecule has 1 aliphatic heterocycles. The summed E-state index contributed by atoms with van der Waals surface area (Å²) in [7, 11) is 0.